The van der Waals surface area contributed by atoms with Gasteiger partial charge in [0.15, 0.2) is 5.78 Å². The molecule has 1 aliphatic carbocycles. The molecule has 0 atom stereocenters. The summed E-state index contributed by atoms with van der Waals surface area (Å²) in [5.74, 6) is 0.497. The molecule has 0 amide bonds. The van der Waals surface area contributed by atoms with Crippen molar-refractivity contribution in [3.63, 3.8) is 0 Å². The third kappa shape index (κ3) is 4.19. The molecular formula is C15H18N2O3. The highest BCUT2D eigenvalue weighted by Crippen LogP contribution is 2.32. The minimum atomic E-state index is -0.472. The Balaban J connectivity index is 1.82. The van der Waals surface area contributed by atoms with Gasteiger partial charge in [0.2, 0.25) is 0 Å². The molecule has 0 spiro atoms. The van der Waals surface area contributed by atoms with Crippen LogP contribution in [0.2, 0.25) is 0 Å². The van der Waals surface area contributed by atoms with Crippen LogP contribution in [0.25, 0.3) is 0 Å². The fourth-order valence-electron chi connectivity index (χ4n) is 2.02. The van der Waals surface area contributed by atoms with Gasteiger partial charge in [0.05, 0.1) is 10.6 Å². The summed E-state index contributed by atoms with van der Waals surface area (Å²) in [6.07, 6.45) is 3.76. The number of carbonyl (C=O) groups excluding carboxylic acids is 1. The van der Waals surface area contributed by atoms with Crippen LogP contribution in [0.1, 0.15) is 35.7 Å². The van der Waals surface area contributed by atoms with Crippen LogP contribution in [0.4, 0.5) is 0 Å². The lowest BCUT2D eigenvalue weighted by atomic mass is 10.0. The molecular weight excluding hydrogens is 256 g/mol. The second kappa shape index (κ2) is 6.32. The van der Waals surface area contributed by atoms with E-state index in [1.165, 1.54) is 0 Å². The molecule has 1 aromatic rings. The topological polar surface area (TPSA) is 72.2 Å². The Morgan fingerprint density at radius 2 is 2.05 bits per heavy atom. The second-order valence-corrected chi connectivity index (χ2v) is 5.11. The Hall–Kier alpha value is -2.17. The van der Waals surface area contributed by atoms with Crippen LogP contribution >= 0.6 is 0 Å². The molecule has 5 heteroatoms. The molecule has 1 N–H and O–H groups in total. The van der Waals surface area contributed by atoms with E-state index in [4.69, 9.17) is 0 Å². The molecule has 0 heterocycles. The Labute approximate surface area is 117 Å². The van der Waals surface area contributed by atoms with Gasteiger partial charge in [-0.2, -0.15) is 0 Å². The number of nitro groups is 1. The molecule has 0 bridgehead atoms. The van der Waals surface area contributed by atoms with E-state index in [9.17, 15) is 14.9 Å². The molecule has 2 rings (SSSR count). The first-order chi connectivity index (χ1) is 9.56. The van der Waals surface area contributed by atoms with E-state index >= 15 is 0 Å². The number of rotatable bonds is 7. The normalized spacial score (nSPS) is 14.9. The number of allylic oxidation sites excluding steroid dienone is 1. The van der Waals surface area contributed by atoms with Gasteiger partial charge in [-0.3, -0.25) is 14.9 Å². The highest BCUT2D eigenvalue weighted by atomic mass is 16.6. The van der Waals surface area contributed by atoms with Gasteiger partial charge in [-0.15, -0.1) is 0 Å². The lowest BCUT2D eigenvalue weighted by Gasteiger charge is -2.05. The number of nitrogens with zero attached hydrogens (tertiary/aromatic N) is 1. The third-order valence-electron chi connectivity index (χ3n) is 3.30. The number of ketones is 1. The van der Waals surface area contributed by atoms with Crippen molar-refractivity contribution in [2.75, 3.05) is 6.54 Å². The molecule has 0 aromatic heterocycles. The van der Waals surface area contributed by atoms with E-state index in [1.807, 2.05) is 24.3 Å². The standard InChI is InChI=1S/C15H18N2O3/c1-11(10-17(19)20)16-9-8-12-2-4-13(5-3-12)15(18)14-6-7-14/h2-5,10,14,16H,6-9H2,1H3/b11-10-. The van der Waals surface area contributed by atoms with Crippen molar-refractivity contribution in [3.8, 4) is 0 Å². The highest BCUT2D eigenvalue weighted by Gasteiger charge is 2.30. The maximum atomic E-state index is 11.8. The van der Waals surface area contributed by atoms with Crippen molar-refractivity contribution in [1.82, 2.24) is 5.32 Å². The smallest absolute Gasteiger partial charge is 0.252 e. The summed E-state index contributed by atoms with van der Waals surface area (Å²) in [7, 11) is 0. The van der Waals surface area contributed by atoms with Crippen LogP contribution in [0.15, 0.2) is 36.2 Å². The first-order valence-electron chi connectivity index (χ1n) is 6.75. The van der Waals surface area contributed by atoms with Gasteiger partial charge in [-0.25, -0.2) is 0 Å². The van der Waals surface area contributed by atoms with Crippen LogP contribution in [-0.2, 0) is 6.42 Å². The van der Waals surface area contributed by atoms with Crippen molar-refractivity contribution >= 4 is 5.78 Å². The summed E-state index contributed by atoms with van der Waals surface area (Å²) in [4.78, 5) is 21.6. The molecule has 0 unspecified atom stereocenters. The van der Waals surface area contributed by atoms with Gasteiger partial charge < -0.3 is 5.32 Å². The van der Waals surface area contributed by atoms with E-state index in [0.29, 0.717) is 12.2 Å². The monoisotopic (exact) mass is 274 g/mol. The molecule has 1 aliphatic rings. The summed E-state index contributed by atoms with van der Waals surface area (Å²) in [5.41, 5.74) is 2.43. The Bertz CT molecular complexity index is 531. The predicted octanol–water partition coefficient (Wildman–Crippen LogP) is 2.55. The van der Waals surface area contributed by atoms with Crippen molar-refractivity contribution in [3.05, 3.63) is 57.4 Å². The van der Waals surface area contributed by atoms with Crippen molar-refractivity contribution in [2.45, 2.75) is 26.2 Å². The van der Waals surface area contributed by atoms with Gasteiger partial charge in [-0.05, 0) is 31.7 Å². The number of carbonyl (C=O) groups is 1. The lowest BCUT2D eigenvalue weighted by Crippen LogP contribution is -2.15. The zero-order valence-electron chi connectivity index (χ0n) is 11.5. The Morgan fingerprint density at radius 1 is 1.40 bits per heavy atom. The third-order valence-corrected chi connectivity index (χ3v) is 3.30. The van der Waals surface area contributed by atoms with Gasteiger partial charge in [0.1, 0.15) is 0 Å². The molecule has 1 fully saturated rings. The molecule has 1 saturated carbocycles. The average molecular weight is 274 g/mol. The van der Waals surface area contributed by atoms with Crippen LogP contribution in [0, 0.1) is 16.0 Å². The first-order valence-corrected chi connectivity index (χ1v) is 6.75. The number of benzene rings is 1. The fourth-order valence-corrected chi connectivity index (χ4v) is 2.02. The van der Waals surface area contributed by atoms with Crippen LogP contribution in [-0.4, -0.2) is 17.3 Å². The van der Waals surface area contributed by atoms with E-state index in [1.54, 1.807) is 6.92 Å². The van der Waals surface area contributed by atoms with Crippen LogP contribution in [0.3, 0.4) is 0 Å². The van der Waals surface area contributed by atoms with Crippen LogP contribution < -0.4 is 5.32 Å². The number of hydrogen-bond donors (Lipinski definition) is 1. The summed E-state index contributed by atoms with van der Waals surface area (Å²) >= 11 is 0. The minimum absolute atomic E-state index is 0.248. The quantitative estimate of drug-likeness (QED) is 0.471. The first kappa shape index (κ1) is 14.2. The molecule has 0 aliphatic heterocycles. The van der Waals surface area contributed by atoms with E-state index in [-0.39, 0.29) is 11.7 Å². The van der Waals surface area contributed by atoms with Crippen molar-refractivity contribution in [2.24, 2.45) is 5.92 Å². The lowest BCUT2D eigenvalue weighted by molar-refractivity contribution is -0.403. The van der Waals surface area contributed by atoms with E-state index < -0.39 is 4.92 Å². The molecule has 1 aromatic carbocycles. The summed E-state index contributed by atoms with van der Waals surface area (Å²) in [6.45, 7) is 2.30. The van der Waals surface area contributed by atoms with Gasteiger partial charge in [0, 0.05) is 18.0 Å². The maximum Gasteiger partial charge on any atom is 0.252 e. The summed E-state index contributed by atoms with van der Waals surface area (Å²) in [6, 6.07) is 7.64. The molecule has 5 nitrogen and oxygen atoms in total. The summed E-state index contributed by atoms with van der Waals surface area (Å²) in [5, 5.41) is 13.2. The summed E-state index contributed by atoms with van der Waals surface area (Å²) < 4.78 is 0. The SMILES string of the molecule is C/C(=C/[N+](=O)[O-])NCCc1ccc(C(=O)C2CC2)cc1. The van der Waals surface area contributed by atoms with Gasteiger partial charge in [-0.1, -0.05) is 24.3 Å². The highest BCUT2D eigenvalue weighted by molar-refractivity contribution is 5.99. The number of nitrogens with one attached hydrogen (secondary N) is 1. The van der Waals surface area contributed by atoms with Crippen LogP contribution in [0.5, 0.6) is 0 Å². The van der Waals surface area contributed by atoms with Gasteiger partial charge >= 0.3 is 0 Å². The van der Waals surface area contributed by atoms with Crippen molar-refractivity contribution < 1.29 is 9.72 Å². The molecule has 20 heavy (non-hydrogen) atoms. The predicted molar refractivity (Wildman–Crippen MR) is 76.0 cm³/mol. The van der Waals surface area contributed by atoms with E-state index in [0.717, 1.165) is 36.6 Å². The molecule has 0 radical (unpaired) electrons. The zero-order valence-corrected chi connectivity index (χ0v) is 11.5. The number of Topliss-reactive ketones (excluding diaryl/α,β-unsaturated/α-hetero) is 1. The molecule has 0 saturated heterocycles. The fraction of sp³-hybridized carbons (Fsp3) is 0.400. The largest absolute Gasteiger partial charge is 0.383 e. The number of hydrogen-bond acceptors (Lipinski definition) is 4. The maximum absolute atomic E-state index is 11.8. The van der Waals surface area contributed by atoms with E-state index in [2.05, 4.69) is 5.32 Å². The second-order valence-electron chi connectivity index (χ2n) is 5.11. The minimum Gasteiger partial charge on any atom is -0.383 e. The zero-order chi connectivity index (χ0) is 14.5. The van der Waals surface area contributed by atoms with Gasteiger partial charge in [0.25, 0.3) is 6.20 Å². The average Bonchev–Trinajstić information content (AvgIpc) is 3.22. The Kier molecular flexibility index (Phi) is 4.50. The Morgan fingerprint density at radius 3 is 2.60 bits per heavy atom. The van der Waals surface area contributed by atoms with Crippen molar-refractivity contribution in [1.29, 1.82) is 0 Å². The molecule has 106 valence electrons.